The fraction of sp³-hybridized carbons (Fsp3) is 0.423. The number of fused-ring (bicyclic) bond motifs is 3. The zero-order chi connectivity index (χ0) is 23.8. The van der Waals surface area contributed by atoms with Crippen molar-refractivity contribution >= 4 is 39.1 Å². The Morgan fingerprint density at radius 3 is 2.76 bits per heavy atom. The zero-order valence-corrected chi connectivity index (χ0v) is 20.7. The third-order valence-electron chi connectivity index (χ3n) is 6.92. The number of hydrogen-bond donors (Lipinski definition) is 2. The predicted molar refractivity (Wildman–Crippen MR) is 139 cm³/mol. The van der Waals surface area contributed by atoms with Crippen molar-refractivity contribution in [3.8, 4) is 0 Å². The molecule has 5 rings (SSSR count). The maximum Gasteiger partial charge on any atom is 0.259 e. The molecule has 4 heterocycles. The summed E-state index contributed by atoms with van der Waals surface area (Å²) < 4.78 is 3.61. The summed E-state index contributed by atoms with van der Waals surface area (Å²) >= 11 is 6.25. The molecule has 1 aliphatic heterocycles. The van der Waals surface area contributed by atoms with E-state index in [9.17, 15) is 4.79 Å². The van der Waals surface area contributed by atoms with Crippen LogP contribution >= 0.6 is 11.6 Å². The van der Waals surface area contributed by atoms with Gasteiger partial charge in [0.15, 0.2) is 0 Å². The molecule has 0 unspecified atom stereocenters. The van der Waals surface area contributed by atoms with Crippen molar-refractivity contribution in [1.29, 1.82) is 0 Å². The van der Waals surface area contributed by atoms with Crippen molar-refractivity contribution in [2.24, 2.45) is 7.05 Å². The van der Waals surface area contributed by atoms with E-state index >= 15 is 0 Å². The van der Waals surface area contributed by atoms with Gasteiger partial charge in [0.25, 0.3) is 5.56 Å². The summed E-state index contributed by atoms with van der Waals surface area (Å²) in [6.07, 6.45) is 4.80. The minimum atomic E-state index is 0.0192. The van der Waals surface area contributed by atoms with E-state index in [1.165, 1.54) is 0 Å². The first-order valence-electron chi connectivity index (χ1n) is 12.1. The van der Waals surface area contributed by atoms with E-state index in [0.717, 1.165) is 83.2 Å². The second kappa shape index (κ2) is 9.39. The molecule has 1 aromatic carbocycles. The molecule has 0 bridgehead atoms. The third kappa shape index (κ3) is 4.07. The summed E-state index contributed by atoms with van der Waals surface area (Å²) in [5.74, 6) is 0.407. The largest absolute Gasteiger partial charge is 0.383 e. The highest BCUT2D eigenvalue weighted by Gasteiger charge is 2.21. The standard InChI is InChI=1S/C26H31ClN6O/c1-4-33-25-20(15-30-33)23-18(13-16(2)14-19(23)26(34)32(25)3)9-12-29-21-5-6-22(27)31-24(21)17-7-10-28-11-8-17/h5-6,13-15,17,28-29H,4,7-12H2,1-3H3. The number of benzene rings is 1. The van der Waals surface area contributed by atoms with Gasteiger partial charge in [-0.25, -0.2) is 9.67 Å². The van der Waals surface area contributed by atoms with Gasteiger partial charge in [0, 0.05) is 42.2 Å². The molecule has 7 nitrogen and oxygen atoms in total. The van der Waals surface area contributed by atoms with Gasteiger partial charge in [-0.2, -0.15) is 5.10 Å². The first kappa shape index (κ1) is 22.9. The highest BCUT2D eigenvalue weighted by Crippen LogP contribution is 2.31. The molecule has 0 saturated carbocycles. The van der Waals surface area contributed by atoms with Crippen molar-refractivity contribution in [3.05, 3.63) is 62.8 Å². The van der Waals surface area contributed by atoms with Gasteiger partial charge in [-0.3, -0.25) is 9.36 Å². The minimum Gasteiger partial charge on any atom is -0.383 e. The average Bonchev–Trinajstić information content (AvgIpc) is 3.28. The second-order valence-electron chi connectivity index (χ2n) is 9.18. The highest BCUT2D eigenvalue weighted by molar-refractivity contribution is 6.29. The Bertz CT molecular complexity index is 1420. The molecule has 3 aromatic heterocycles. The number of nitrogens with zero attached hydrogens (tertiary/aromatic N) is 4. The van der Waals surface area contributed by atoms with E-state index < -0.39 is 0 Å². The molecule has 2 N–H and O–H groups in total. The van der Waals surface area contributed by atoms with Crippen molar-refractivity contribution in [2.45, 2.75) is 45.6 Å². The number of piperidine rings is 1. The van der Waals surface area contributed by atoms with E-state index in [-0.39, 0.29) is 5.56 Å². The SMILES string of the molecule is CCn1ncc2c3c(CCNc4ccc(Cl)nc4C4CCNCC4)cc(C)cc3c(=O)n(C)c21. The molecule has 4 aromatic rings. The number of rotatable bonds is 6. The summed E-state index contributed by atoms with van der Waals surface area (Å²) in [5.41, 5.74) is 5.24. The molecule has 1 saturated heterocycles. The van der Waals surface area contributed by atoms with Gasteiger partial charge in [0.2, 0.25) is 0 Å². The Balaban J connectivity index is 1.49. The number of anilines is 1. The van der Waals surface area contributed by atoms with Gasteiger partial charge in [0.1, 0.15) is 10.8 Å². The number of aromatic nitrogens is 4. The van der Waals surface area contributed by atoms with Crippen LogP contribution in [-0.4, -0.2) is 39.0 Å². The quantitative estimate of drug-likeness (QED) is 0.402. The van der Waals surface area contributed by atoms with E-state index in [0.29, 0.717) is 17.6 Å². The summed E-state index contributed by atoms with van der Waals surface area (Å²) in [7, 11) is 1.83. The molecular formula is C26H31ClN6O. The second-order valence-corrected chi connectivity index (χ2v) is 9.56. The van der Waals surface area contributed by atoms with Crippen LogP contribution in [0.25, 0.3) is 21.8 Å². The van der Waals surface area contributed by atoms with Gasteiger partial charge in [-0.05, 0) is 70.0 Å². The summed E-state index contributed by atoms with van der Waals surface area (Å²) in [6, 6.07) is 8.08. The maximum absolute atomic E-state index is 13.2. The van der Waals surface area contributed by atoms with Crippen LogP contribution in [0.3, 0.4) is 0 Å². The monoisotopic (exact) mass is 478 g/mol. The van der Waals surface area contributed by atoms with Crippen LogP contribution in [-0.2, 0) is 20.0 Å². The van der Waals surface area contributed by atoms with Gasteiger partial charge >= 0.3 is 0 Å². The van der Waals surface area contributed by atoms with Gasteiger partial charge in [-0.1, -0.05) is 23.2 Å². The Labute approximate surface area is 204 Å². The molecule has 1 fully saturated rings. The summed E-state index contributed by atoms with van der Waals surface area (Å²) in [5, 5.41) is 14.9. The van der Waals surface area contributed by atoms with E-state index in [2.05, 4.69) is 26.8 Å². The third-order valence-corrected chi connectivity index (χ3v) is 7.13. The van der Waals surface area contributed by atoms with Crippen LogP contribution in [0.1, 0.15) is 42.5 Å². The molecular weight excluding hydrogens is 448 g/mol. The number of hydrogen-bond acceptors (Lipinski definition) is 5. The van der Waals surface area contributed by atoms with Gasteiger partial charge < -0.3 is 10.6 Å². The summed E-state index contributed by atoms with van der Waals surface area (Å²) in [4.78, 5) is 17.9. The van der Waals surface area contributed by atoms with Crippen LogP contribution in [0.5, 0.6) is 0 Å². The molecule has 8 heteroatoms. The van der Waals surface area contributed by atoms with E-state index in [1.807, 2.05) is 50.0 Å². The van der Waals surface area contributed by atoms with Crippen LogP contribution in [0.4, 0.5) is 5.69 Å². The molecule has 0 aliphatic carbocycles. The number of aryl methyl sites for hydroxylation is 3. The first-order chi connectivity index (χ1) is 16.5. The zero-order valence-electron chi connectivity index (χ0n) is 20.0. The Kier molecular flexibility index (Phi) is 6.32. The fourth-order valence-electron chi connectivity index (χ4n) is 5.30. The molecule has 0 radical (unpaired) electrons. The predicted octanol–water partition coefficient (Wildman–Crippen LogP) is 4.39. The number of pyridine rings is 2. The van der Waals surface area contributed by atoms with Gasteiger partial charge in [0.05, 0.1) is 17.6 Å². The van der Waals surface area contributed by atoms with Crippen molar-refractivity contribution in [2.75, 3.05) is 25.0 Å². The molecule has 0 amide bonds. The molecule has 0 spiro atoms. The van der Waals surface area contributed by atoms with Crippen LogP contribution in [0.15, 0.2) is 35.3 Å². The highest BCUT2D eigenvalue weighted by atomic mass is 35.5. The Hall–Kier alpha value is -2.90. The molecule has 34 heavy (non-hydrogen) atoms. The normalized spacial score (nSPS) is 14.8. The number of halogens is 1. The van der Waals surface area contributed by atoms with E-state index in [4.69, 9.17) is 11.6 Å². The minimum absolute atomic E-state index is 0.0192. The van der Waals surface area contributed by atoms with Crippen LogP contribution < -0.4 is 16.2 Å². The molecule has 0 atom stereocenters. The van der Waals surface area contributed by atoms with Crippen molar-refractivity contribution in [1.82, 2.24) is 24.6 Å². The smallest absolute Gasteiger partial charge is 0.259 e. The Morgan fingerprint density at radius 2 is 2.00 bits per heavy atom. The lowest BCUT2D eigenvalue weighted by Crippen LogP contribution is -2.27. The first-order valence-corrected chi connectivity index (χ1v) is 12.4. The topological polar surface area (TPSA) is 76.8 Å². The Morgan fingerprint density at radius 1 is 1.21 bits per heavy atom. The average molecular weight is 479 g/mol. The lowest BCUT2D eigenvalue weighted by atomic mass is 9.93. The van der Waals surface area contributed by atoms with Crippen LogP contribution in [0.2, 0.25) is 5.15 Å². The van der Waals surface area contributed by atoms with Crippen molar-refractivity contribution in [3.63, 3.8) is 0 Å². The lowest BCUT2D eigenvalue weighted by molar-refractivity contribution is 0.454. The maximum atomic E-state index is 13.2. The van der Waals surface area contributed by atoms with E-state index in [1.54, 1.807) is 4.57 Å². The lowest BCUT2D eigenvalue weighted by Gasteiger charge is -2.24. The fourth-order valence-corrected chi connectivity index (χ4v) is 5.45. The van der Waals surface area contributed by atoms with Crippen molar-refractivity contribution < 1.29 is 0 Å². The molecule has 1 aliphatic rings. The summed E-state index contributed by atoms with van der Waals surface area (Å²) in [6.45, 7) is 7.55. The van der Waals surface area contributed by atoms with Crippen LogP contribution in [0, 0.1) is 6.92 Å². The number of nitrogens with one attached hydrogen (secondary N) is 2. The molecule has 178 valence electrons. The van der Waals surface area contributed by atoms with Gasteiger partial charge in [-0.15, -0.1) is 0 Å².